The molecule has 1 N–H and O–H groups in total. The first kappa shape index (κ1) is 11.2. The number of hydrogen-bond donors (Lipinski definition) is 1. The first-order valence-corrected chi connectivity index (χ1v) is 6.08. The Bertz CT molecular complexity index is 518. The molecular weight excluding hydrogens is 228 g/mol. The van der Waals surface area contributed by atoms with E-state index in [1.54, 1.807) is 0 Å². The van der Waals surface area contributed by atoms with Crippen LogP contribution in [0.5, 0.6) is 0 Å². The Morgan fingerprint density at radius 2 is 2.11 bits per heavy atom. The lowest BCUT2D eigenvalue weighted by Crippen LogP contribution is -2.37. The number of nitrogens with one attached hydrogen (secondary N) is 1. The SMILES string of the molecule is C=C1NN=C(C)c2cnc(N3CCOCC3)cc21. The predicted octanol–water partition coefficient (Wildman–Crippen LogP) is 1.22. The predicted molar refractivity (Wildman–Crippen MR) is 71.6 cm³/mol. The van der Waals surface area contributed by atoms with Crippen LogP contribution in [0.1, 0.15) is 18.1 Å². The number of fused-ring (bicyclic) bond motifs is 1. The number of hydrogen-bond acceptors (Lipinski definition) is 5. The van der Waals surface area contributed by atoms with E-state index in [4.69, 9.17) is 4.74 Å². The average molecular weight is 244 g/mol. The molecule has 0 atom stereocenters. The molecule has 3 rings (SSSR count). The summed E-state index contributed by atoms with van der Waals surface area (Å²) in [5.74, 6) is 0.981. The van der Waals surface area contributed by atoms with Gasteiger partial charge in [-0.15, -0.1) is 0 Å². The molecule has 2 aliphatic heterocycles. The summed E-state index contributed by atoms with van der Waals surface area (Å²) in [6.45, 7) is 9.25. The van der Waals surface area contributed by atoms with E-state index in [1.807, 2.05) is 13.1 Å². The topological polar surface area (TPSA) is 49.8 Å². The lowest BCUT2D eigenvalue weighted by Gasteiger charge is -2.29. The molecule has 94 valence electrons. The first-order chi connectivity index (χ1) is 8.75. The zero-order valence-corrected chi connectivity index (χ0v) is 10.4. The standard InChI is InChI=1S/C13H16N4O/c1-9-11-7-13(17-3-5-18-6-4-17)14-8-12(11)10(2)16-15-9/h7-8,15H,1,3-6H2,2H3. The van der Waals surface area contributed by atoms with Gasteiger partial charge >= 0.3 is 0 Å². The molecule has 0 aliphatic carbocycles. The number of nitrogens with zero attached hydrogens (tertiary/aromatic N) is 3. The molecule has 18 heavy (non-hydrogen) atoms. The van der Waals surface area contributed by atoms with Crippen LogP contribution in [0.4, 0.5) is 5.82 Å². The van der Waals surface area contributed by atoms with Crippen LogP contribution in [0.25, 0.3) is 5.70 Å². The van der Waals surface area contributed by atoms with Gasteiger partial charge in [-0.3, -0.25) is 5.43 Å². The van der Waals surface area contributed by atoms with Crippen molar-refractivity contribution >= 4 is 17.2 Å². The van der Waals surface area contributed by atoms with Crippen LogP contribution < -0.4 is 10.3 Å². The van der Waals surface area contributed by atoms with Gasteiger partial charge in [0.25, 0.3) is 0 Å². The van der Waals surface area contributed by atoms with Gasteiger partial charge in [-0.25, -0.2) is 4.98 Å². The number of anilines is 1. The average Bonchev–Trinajstić information content (AvgIpc) is 2.44. The number of morpholine rings is 1. The Hall–Kier alpha value is -1.88. The molecule has 1 aromatic heterocycles. The Kier molecular flexibility index (Phi) is 2.76. The molecule has 1 saturated heterocycles. The Balaban J connectivity index is 1.97. The van der Waals surface area contributed by atoms with E-state index in [0.717, 1.165) is 54.7 Å². The van der Waals surface area contributed by atoms with Crippen molar-refractivity contribution in [1.82, 2.24) is 10.4 Å². The van der Waals surface area contributed by atoms with Gasteiger partial charge in [-0.1, -0.05) is 6.58 Å². The lowest BCUT2D eigenvalue weighted by atomic mass is 10.0. The summed E-state index contributed by atoms with van der Waals surface area (Å²) < 4.78 is 5.35. The fraction of sp³-hybridized carbons (Fsp3) is 0.385. The smallest absolute Gasteiger partial charge is 0.129 e. The number of aromatic nitrogens is 1. The van der Waals surface area contributed by atoms with E-state index < -0.39 is 0 Å². The molecule has 0 saturated carbocycles. The minimum absolute atomic E-state index is 0.762. The van der Waals surface area contributed by atoms with E-state index in [9.17, 15) is 0 Å². The summed E-state index contributed by atoms with van der Waals surface area (Å²) >= 11 is 0. The van der Waals surface area contributed by atoms with Crippen molar-refractivity contribution in [2.75, 3.05) is 31.2 Å². The minimum Gasteiger partial charge on any atom is -0.378 e. The van der Waals surface area contributed by atoms with Gasteiger partial charge in [0.1, 0.15) is 5.82 Å². The highest BCUT2D eigenvalue weighted by molar-refractivity contribution is 6.04. The van der Waals surface area contributed by atoms with Gasteiger partial charge in [0.15, 0.2) is 0 Å². The third-order valence-corrected chi connectivity index (χ3v) is 3.30. The van der Waals surface area contributed by atoms with Gasteiger partial charge in [0.05, 0.1) is 24.6 Å². The van der Waals surface area contributed by atoms with Gasteiger partial charge in [-0.05, 0) is 13.0 Å². The highest BCUT2D eigenvalue weighted by Gasteiger charge is 2.18. The van der Waals surface area contributed by atoms with Crippen LogP contribution in [0, 0.1) is 0 Å². The Labute approximate surface area is 106 Å². The summed E-state index contributed by atoms with van der Waals surface area (Å²) in [5.41, 5.74) is 6.84. The Morgan fingerprint density at radius 3 is 2.89 bits per heavy atom. The maximum absolute atomic E-state index is 5.35. The molecule has 0 radical (unpaired) electrons. The van der Waals surface area contributed by atoms with E-state index in [1.165, 1.54) is 0 Å². The van der Waals surface area contributed by atoms with Crippen molar-refractivity contribution in [2.24, 2.45) is 5.10 Å². The van der Waals surface area contributed by atoms with Gasteiger partial charge in [-0.2, -0.15) is 5.10 Å². The van der Waals surface area contributed by atoms with Crippen LogP contribution in [0.2, 0.25) is 0 Å². The highest BCUT2D eigenvalue weighted by atomic mass is 16.5. The third kappa shape index (κ3) is 1.86. The molecule has 5 nitrogen and oxygen atoms in total. The second kappa shape index (κ2) is 4.42. The van der Waals surface area contributed by atoms with Crippen molar-refractivity contribution in [2.45, 2.75) is 6.92 Å². The van der Waals surface area contributed by atoms with Crippen molar-refractivity contribution in [3.8, 4) is 0 Å². The maximum atomic E-state index is 5.35. The van der Waals surface area contributed by atoms with Crippen molar-refractivity contribution in [1.29, 1.82) is 0 Å². The highest BCUT2D eigenvalue weighted by Crippen LogP contribution is 2.24. The number of pyridine rings is 1. The summed E-state index contributed by atoms with van der Waals surface area (Å²) in [4.78, 5) is 6.76. The monoisotopic (exact) mass is 244 g/mol. The van der Waals surface area contributed by atoms with E-state index >= 15 is 0 Å². The molecule has 0 spiro atoms. The zero-order valence-electron chi connectivity index (χ0n) is 10.4. The molecule has 0 aromatic carbocycles. The molecule has 3 heterocycles. The molecule has 1 fully saturated rings. The molecule has 2 aliphatic rings. The minimum atomic E-state index is 0.762. The summed E-state index contributed by atoms with van der Waals surface area (Å²) in [5, 5.41) is 4.19. The third-order valence-electron chi connectivity index (χ3n) is 3.30. The summed E-state index contributed by atoms with van der Waals surface area (Å²) in [6.07, 6.45) is 1.88. The maximum Gasteiger partial charge on any atom is 0.129 e. The lowest BCUT2D eigenvalue weighted by molar-refractivity contribution is 0.122. The number of rotatable bonds is 1. The molecule has 0 amide bonds. The van der Waals surface area contributed by atoms with Gasteiger partial charge < -0.3 is 9.64 Å². The second-order valence-corrected chi connectivity index (χ2v) is 4.48. The molecule has 0 unspecified atom stereocenters. The Morgan fingerprint density at radius 1 is 1.33 bits per heavy atom. The van der Waals surface area contributed by atoms with E-state index in [-0.39, 0.29) is 0 Å². The quantitative estimate of drug-likeness (QED) is 0.807. The van der Waals surface area contributed by atoms with Crippen LogP contribution in [-0.4, -0.2) is 37.0 Å². The number of hydrazone groups is 1. The van der Waals surface area contributed by atoms with Crippen LogP contribution >= 0.6 is 0 Å². The summed E-state index contributed by atoms with van der Waals surface area (Å²) in [7, 11) is 0. The molecular formula is C13H16N4O. The zero-order chi connectivity index (χ0) is 12.5. The van der Waals surface area contributed by atoms with Crippen LogP contribution in [-0.2, 0) is 4.74 Å². The van der Waals surface area contributed by atoms with Crippen LogP contribution in [0.15, 0.2) is 23.9 Å². The van der Waals surface area contributed by atoms with Crippen LogP contribution in [0.3, 0.4) is 0 Å². The fourth-order valence-corrected chi connectivity index (χ4v) is 2.22. The number of ether oxygens (including phenoxy) is 1. The van der Waals surface area contributed by atoms with Crippen molar-refractivity contribution < 1.29 is 4.74 Å². The molecule has 5 heteroatoms. The van der Waals surface area contributed by atoms with E-state index in [2.05, 4.69) is 33.1 Å². The normalized spacial score (nSPS) is 19.1. The summed E-state index contributed by atoms with van der Waals surface area (Å²) in [6, 6.07) is 2.08. The van der Waals surface area contributed by atoms with Gasteiger partial charge in [0.2, 0.25) is 0 Å². The first-order valence-electron chi connectivity index (χ1n) is 6.08. The molecule has 1 aromatic rings. The second-order valence-electron chi connectivity index (χ2n) is 4.48. The van der Waals surface area contributed by atoms with Crippen molar-refractivity contribution in [3.05, 3.63) is 30.0 Å². The van der Waals surface area contributed by atoms with Crippen molar-refractivity contribution in [3.63, 3.8) is 0 Å². The van der Waals surface area contributed by atoms with Gasteiger partial charge in [0, 0.05) is 30.4 Å². The largest absolute Gasteiger partial charge is 0.378 e. The fourth-order valence-electron chi connectivity index (χ4n) is 2.22. The van der Waals surface area contributed by atoms with E-state index in [0.29, 0.717) is 0 Å². The molecule has 0 bridgehead atoms.